The third-order valence-corrected chi connectivity index (χ3v) is 2.47. The van der Waals surface area contributed by atoms with E-state index >= 15 is 0 Å². The molecule has 2 aromatic rings. The highest BCUT2D eigenvalue weighted by Crippen LogP contribution is 2.14. The van der Waals surface area contributed by atoms with E-state index in [4.69, 9.17) is 11.5 Å². The molecule has 5 N–H and O–H groups in total. The van der Waals surface area contributed by atoms with E-state index in [2.05, 4.69) is 25.5 Å². The molecule has 21 heavy (non-hydrogen) atoms. The van der Waals surface area contributed by atoms with Gasteiger partial charge in [0, 0.05) is 17.7 Å². The summed E-state index contributed by atoms with van der Waals surface area (Å²) in [6.45, 7) is 1.68. The Balaban J connectivity index is 2.21. The number of nitro benzene ring substituents is 1. The van der Waals surface area contributed by atoms with Crippen LogP contribution in [0.5, 0.6) is 0 Å². The van der Waals surface area contributed by atoms with E-state index in [-0.39, 0.29) is 23.5 Å². The van der Waals surface area contributed by atoms with Crippen LogP contribution < -0.4 is 16.9 Å². The van der Waals surface area contributed by atoms with E-state index in [1.807, 2.05) is 0 Å². The lowest BCUT2D eigenvalue weighted by molar-refractivity contribution is -0.384. The smallest absolute Gasteiger partial charge is 0.270 e. The maximum atomic E-state index is 10.7. The van der Waals surface area contributed by atoms with Crippen molar-refractivity contribution >= 4 is 29.2 Å². The van der Waals surface area contributed by atoms with Gasteiger partial charge in [-0.15, -0.1) is 0 Å². The monoisotopic (exact) mass is 288 g/mol. The molecule has 0 saturated carbocycles. The molecule has 0 atom stereocenters. The van der Waals surface area contributed by atoms with Crippen molar-refractivity contribution in [3.63, 3.8) is 0 Å². The van der Waals surface area contributed by atoms with Crippen LogP contribution in [0.3, 0.4) is 0 Å². The Morgan fingerprint density at radius 2 is 1.95 bits per heavy atom. The molecule has 0 bridgehead atoms. The minimum Gasteiger partial charge on any atom is -0.368 e. The zero-order valence-corrected chi connectivity index (χ0v) is 11.0. The second-order valence-electron chi connectivity index (χ2n) is 3.99. The van der Waals surface area contributed by atoms with E-state index in [1.165, 1.54) is 12.1 Å². The average molecular weight is 288 g/mol. The van der Waals surface area contributed by atoms with Crippen LogP contribution in [-0.2, 0) is 0 Å². The minimum absolute atomic E-state index is 0.0179. The third kappa shape index (κ3) is 3.59. The van der Waals surface area contributed by atoms with E-state index < -0.39 is 4.92 Å². The van der Waals surface area contributed by atoms with Crippen LogP contribution in [0.1, 0.15) is 12.5 Å². The Bertz CT molecular complexity index is 695. The van der Waals surface area contributed by atoms with E-state index in [0.29, 0.717) is 11.3 Å². The van der Waals surface area contributed by atoms with Crippen molar-refractivity contribution in [2.75, 3.05) is 16.9 Å². The number of nitrogens with zero attached hydrogens (tertiary/aromatic N) is 5. The van der Waals surface area contributed by atoms with Crippen molar-refractivity contribution in [2.45, 2.75) is 6.92 Å². The van der Waals surface area contributed by atoms with Gasteiger partial charge in [0.1, 0.15) is 0 Å². The van der Waals surface area contributed by atoms with Crippen LogP contribution in [-0.4, -0.2) is 25.6 Å². The van der Waals surface area contributed by atoms with Crippen LogP contribution in [0.2, 0.25) is 0 Å². The van der Waals surface area contributed by atoms with Crippen molar-refractivity contribution in [3.8, 4) is 0 Å². The number of non-ortho nitro benzene ring substituents is 1. The number of rotatable bonds is 4. The van der Waals surface area contributed by atoms with E-state index in [0.717, 1.165) is 0 Å². The molecular formula is C11H12N8O2. The number of benzene rings is 1. The lowest BCUT2D eigenvalue weighted by Crippen LogP contribution is -2.08. The third-order valence-electron chi connectivity index (χ3n) is 2.47. The first kappa shape index (κ1) is 14.1. The second kappa shape index (κ2) is 5.77. The zero-order valence-electron chi connectivity index (χ0n) is 11.0. The quantitative estimate of drug-likeness (QED) is 0.422. The molecule has 10 nitrogen and oxygen atoms in total. The maximum Gasteiger partial charge on any atom is 0.270 e. The van der Waals surface area contributed by atoms with Gasteiger partial charge in [-0.25, -0.2) is 5.43 Å². The fraction of sp³-hybridized carbons (Fsp3) is 0.0909. The molecule has 10 heteroatoms. The molecule has 1 heterocycles. The molecule has 1 aromatic heterocycles. The summed E-state index contributed by atoms with van der Waals surface area (Å²) < 4.78 is 0. The van der Waals surface area contributed by atoms with Crippen LogP contribution in [0.15, 0.2) is 29.4 Å². The van der Waals surface area contributed by atoms with Crippen LogP contribution >= 0.6 is 0 Å². The number of nitro groups is 1. The SMILES string of the molecule is C/C(=N\Nc1nc(N)nc(N)n1)c1cccc([N+](=O)[O-])c1. The normalized spacial score (nSPS) is 11.2. The summed E-state index contributed by atoms with van der Waals surface area (Å²) in [6.07, 6.45) is 0. The first-order valence-electron chi connectivity index (χ1n) is 5.78. The lowest BCUT2D eigenvalue weighted by Gasteiger charge is -2.03. The van der Waals surface area contributed by atoms with Crippen LogP contribution in [0.25, 0.3) is 0 Å². The molecule has 0 radical (unpaired) electrons. The Labute approximate surface area is 119 Å². The zero-order chi connectivity index (χ0) is 15.4. The standard InChI is InChI=1S/C11H12N8O2/c1-6(7-3-2-4-8(5-7)19(20)21)17-18-11-15-9(12)14-10(13)16-11/h2-5H,1H3,(H5,12,13,14,15,16,18)/b17-6+. The Kier molecular flexibility index (Phi) is 3.88. The summed E-state index contributed by atoms with van der Waals surface area (Å²) in [7, 11) is 0. The van der Waals surface area contributed by atoms with Crippen molar-refractivity contribution in [1.29, 1.82) is 0 Å². The fourth-order valence-corrected chi connectivity index (χ4v) is 1.50. The Hall–Kier alpha value is -3.30. The molecule has 0 fully saturated rings. The number of aromatic nitrogens is 3. The van der Waals surface area contributed by atoms with Crippen molar-refractivity contribution < 1.29 is 4.92 Å². The molecule has 1 aromatic carbocycles. The summed E-state index contributed by atoms with van der Waals surface area (Å²) in [4.78, 5) is 21.5. The molecule has 2 rings (SSSR count). The molecule has 0 aliphatic heterocycles. The molecule has 0 spiro atoms. The predicted octanol–water partition coefficient (Wildman–Crippen LogP) is 0.780. The molecule has 0 unspecified atom stereocenters. The largest absolute Gasteiger partial charge is 0.368 e. The number of nitrogen functional groups attached to an aromatic ring is 2. The molecule has 0 aliphatic carbocycles. The summed E-state index contributed by atoms with van der Waals surface area (Å²) in [5, 5.41) is 14.8. The van der Waals surface area contributed by atoms with Gasteiger partial charge in [-0.2, -0.15) is 20.1 Å². The Morgan fingerprint density at radius 3 is 2.57 bits per heavy atom. The first-order chi connectivity index (χ1) is 9.95. The summed E-state index contributed by atoms with van der Waals surface area (Å²) in [5.74, 6) is 0.0196. The number of nitrogens with one attached hydrogen (secondary N) is 1. The maximum absolute atomic E-state index is 10.7. The number of anilines is 3. The van der Waals surface area contributed by atoms with E-state index in [1.54, 1.807) is 19.1 Å². The van der Waals surface area contributed by atoms with Crippen LogP contribution in [0.4, 0.5) is 23.5 Å². The number of hydrogen-bond acceptors (Lipinski definition) is 9. The molecular weight excluding hydrogens is 276 g/mol. The highest BCUT2D eigenvalue weighted by molar-refractivity contribution is 5.99. The number of hydrazone groups is 1. The first-order valence-corrected chi connectivity index (χ1v) is 5.78. The number of nitrogens with two attached hydrogens (primary N) is 2. The minimum atomic E-state index is -0.475. The topological polar surface area (TPSA) is 158 Å². The van der Waals surface area contributed by atoms with Gasteiger partial charge in [0.05, 0.1) is 10.6 Å². The summed E-state index contributed by atoms with van der Waals surface area (Å²) in [6, 6.07) is 6.09. The Morgan fingerprint density at radius 1 is 1.29 bits per heavy atom. The van der Waals surface area contributed by atoms with Crippen molar-refractivity contribution in [2.24, 2.45) is 5.10 Å². The molecule has 0 aliphatic rings. The van der Waals surface area contributed by atoms with Crippen molar-refractivity contribution in [1.82, 2.24) is 15.0 Å². The lowest BCUT2D eigenvalue weighted by atomic mass is 10.1. The van der Waals surface area contributed by atoms with Crippen molar-refractivity contribution in [3.05, 3.63) is 39.9 Å². The molecule has 108 valence electrons. The van der Waals surface area contributed by atoms with Gasteiger partial charge in [0.25, 0.3) is 5.69 Å². The summed E-state index contributed by atoms with van der Waals surface area (Å²) in [5.41, 5.74) is 14.5. The van der Waals surface area contributed by atoms with Gasteiger partial charge in [-0.3, -0.25) is 10.1 Å². The molecule has 0 amide bonds. The van der Waals surface area contributed by atoms with Gasteiger partial charge in [-0.1, -0.05) is 12.1 Å². The average Bonchev–Trinajstić information content (AvgIpc) is 2.44. The van der Waals surface area contributed by atoms with Gasteiger partial charge in [0.2, 0.25) is 17.8 Å². The van der Waals surface area contributed by atoms with Gasteiger partial charge < -0.3 is 11.5 Å². The van der Waals surface area contributed by atoms with Gasteiger partial charge in [0.15, 0.2) is 0 Å². The highest BCUT2D eigenvalue weighted by Gasteiger charge is 2.07. The summed E-state index contributed by atoms with van der Waals surface area (Å²) >= 11 is 0. The van der Waals surface area contributed by atoms with Gasteiger partial charge >= 0.3 is 0 Å². The second-order valence-corrected chi connectivity index (χ2v) is 3.99. The van der Waals surface area contributed by atoms with E-state index in [9.17, 15) is 10.1 Å². The van der Waals surface area contributed by atoms with Crippen LogP contribution in [0, 0.1) is 10.1 Å². The highest BCUT2D eigenvalue weighted by atomic mass is 16.6. The number of hydrogen-bond donors (Lipinski definition) is 3. The van der Waals surface area contributed by atoms with Gasteiger partial charge in [-0.05, 0) is 6.92 Å². The predicted molar refractivity (Wildman–Crippen MR) is 77.6 cm³/mol. The fourth-order valence-electron chi connectivity index (χ4n) is 1.50. The molecule has 0 saturated heterocycles.